The molecule has 3 aromatic rings. The Morgan fingerprint density at radius 2 is 1.42 bits per heavy atom. The molecule has 3 aromatic carbocycles. The van der Waals surface area contributed by atoms with Crippen molar-refractivity contribution >= 4 is 7.82 Å². The summed E-state index contributed by atoms with van der Waals surface area (Å²) in [5, 5.41) is 0. The van der Waals surface area contributed by atoms with Crippen molar-refractivity contribution in [2.75, 3.05) is 0 Å². The van der Waals surface area contributed by atoms with E-state index in [1.807, 2.05) is 6.92 Å². The van der Waals surface area contributed by atoms with E-state index in [0.717, 1.165) is 11.1 Å². The molecular weight excluding hydrogens is 347 g/mol. The summed E-state index contributed by atoms with van der Waals surface area (Å²) >= 11 is 0. The molecule has 4 nitrogen and oxygen atoms in total. The average molecular weight is 375 g/mol. The summed E-state index contributed by atoms with van der Waals surface area (Å²) in [7, 11) is -4.62. The van der Waals surface area contributed by atoms with E-state index in [9.17, 15) is 4.57 Å². The largest absolute Gasteiger partial charge is 0.647 e. The molecule has 0 saturated heterocycles. The molecule has 0 heterocycles. The third kappa shape index (κ3) is 4.90. The number of aryl methyl sites for hydroxylation is 2. The predicted molar refractivity (Wildman–Crippen MR) is 103 cm³/mol. The summed E-state index contributed by atoms with van der Waals surface area (Å²) in [6, 6.07) is 9.68. The van der Waals surface area contributed by atoms with Crippen LogP contribution in [0.3, 0.4) is 0 Å². The van der Waals surface area contributed by atoms with Gasteiger partial charge in [0.05, 0.1) is 5.48 Å². The molecule has 26 heavy (non-hydrogen) atoms. The summed E-state index contributed by atoms with van der Waals surface area (Å²) < 4.78 is 85.0. The van der Waals surface area contributed by atoms with Crippen LogP contribution in [0, 0.1) is 20.7 Å². The highest BCUT2D eigenvalue weighted by atomic mass is 31.2. The molecule has 3 rings (SSSR count). The van der Waals surface area contributed by atoms with Crippen molar-refractivity contribution in [3.05, 3.63) is 89.4 Å². The SMILES string of the molecule is [2H]c1c([2H])c(C([2H])([2H])[2H])c([2H])c([2H])c1OP(=O)(Oc1ccc(C)cc1)Oc1cccc(C)c1. The first kappa shape index (κ1) is 11.1. The van der Waals surface area contributed by atoms with Crippen LogP contribution in [-0.2, 0) is 4.57 Å². The van der Waals surface area contributed by atoms with Gasteiger partial charge in [-0.05, 0) is 62.6 Å². The Labute approximate surface area is 163 Å². The van der Waals surface area contributed by atoms with E-state index in [1.165, 1.54) is 18.2 Å². The molecule has 0 spiro atoms. The Bertz CT molecular complexity index is 1200. The van der Waals surface area contributed by atoms with Crippen molar-refractivity contribution in [3.8, 4) is 17.2 Å². The van der Waals surface area contributed by atoms with Gasteiger partial charge < -0.3 is 13.6 Å². The standard InChI is InChI=1S/C21H21O4P/c1-16-7-11-19(12-8-16)23-26(22,24-20-13-9-17(2)10-14-20)25-21-6-4-5-18(3)15-21/h4-15H,1-3H3/i1D3,7D,8D,11D,12D. The van der Waals surface area contributed by atoms with Crippen LogP contribution in [0.4, 0.5) is 0 Å². The zero-order chi connectivity index (χ0) is 24.6. The van der Waals surface area contributed by atoms with E-state index < -0.39 is 50.2 Å². The Kier molecular flexibility index (Phi) is 3.27. The van der Waals surface area contributed by atoms with Crippen LogP contribution in [0.1, 0.15) is 26.3 Å². The van der Waals surface area contributed by atoms with Crippen LogP contribution in [0.5, 0.6) is 17.2 Å². The summed E-state index contributed by atoms with van der Waals surface area (Å²) in [6.07, 6.45) is 0. The minimum Gasteiger partial charge on any atom is -0.386 e. The second-order valence-corrected chi connectivity index (χ2v) is 7.00. The Morgan fingerprint density at radius 1 is 0.769 bits per heavy atom. The fourth-order valence-electron chi connectivity index (χ4n) is 2.04. The number of phosphoric acid groups is 1. The first-order chi connectivity index (χ1) is 15.3. The first-order valence-corrected chi connectivity index (χ1v) is 9.20. The maximum atomic E-state index is 13.7. The van der Waals surface area contributed by atoms with E-state index in [2.05, 4.69) is 0 Å². The van der Waals surface area contributed by atoms with Gasteiger partial charge in [-0.2, -0.15) is 4.57 Å². The topological polar surface area (TPSA) is 44.8 Å². The monoisotopic (exact) mass is 375 g/mol. The minimum absolute atomic E-state index is 0.117. The minimum atomic E-state index is -4.62. The Hall–Kier alpha value is -2.71. The normalized spacial score (nSPS) is 17.2. The van der Waals surface area contributed by atoms with Crippen molar-refractivity contribution in [2.24, 2.45) is 0 Å². The number of rotatable bonds is 6. The second kappa shape index (κ2) is 7.67. The number of phosphoric ester groups is 1. The highest BCUT2D eigenvalue weighted by molar-refractivity contribution is 7.49. The van der Waals surface area contributed by atoms with E-state index in [0.29, 0.717) is 0 Å². The van der Waals surface area contributed by atoms with Crippen LogP contribution in [0.2, 0.25) is 0 Å². The van der Waals surface area contributed by atoms with Crippen LogP contribution in [0.25, 0.3) is 0 Å². The maximum absolute atomic E-state index is 13.7. The summed E-state index contributed by atoms with van der Waals surface area (Å²) in [6.45, 7) is 0.744. The van der Waals surface area contributed by atoms with Crippen LogP contribution in [0.15, 0.2) is 72.7 Å². The molecule has 0 aliphatic heterocycles. The van der Waals surface area contributed by atoms with Crippen molar-refractivity contribution in [1.82, 2.24) is 0 Å². The summed E-state index contributed by atoms with van der Waals surface area (Å²) in [5.74, 6) is -0.508. The molecule has 0 saturated carbocycles. The lowest BCUT2D eigenvalue weighted by Gasteiger charge is -2.19. The molecular formula is C21H21O4P. The van der Waals surface area contributed by atoms with E-state index in [1.54, 1.807) is 37.3 Å². The lowest BCUT2D eigenvalue weighted by atomic mass is 10.2. The van der Waals surface area contributed by atoms with Gasteiger partial charge in [0.25, 0.3) is 0 Å². The molecule has 0 amide bonds. The quantitative estimate of drug-likeness (QED) is 0.477. The molecule has 0 N–H and O–H groups in total. The van der Waals surface area contributed by atoms with Crippen molar-refractivity contribution < 1.29 is 27.7 Å². The molecule has 0 aliphatic rings. The number of hydrogen-bond acceptors (Lipinski definition) is 4. The van der Waals surface area contributed by atoms with E-state index in [4.69, 9.17) is 23.2 Å². The van der Waals surface area contributed by atoms with Crippen molar-refractivity contribution in [2.45, 2.75) is 20.7 Å². The maximum Gasteiger partial charge on any atom is 0.647 e. The van der Waals surface area contributed by atoms with Gasteiger partial charge in [-0.15, -0.1) is 0 Å². The zero-order valence-electron chi connectivity index (χ0n) is 21.2. The molecule has 5 heteroatoms. The van der Waals surface area contributed by atoms with Gasteiger partial charge in [0.1, 0.15) is 17.2 Å². The lowest BCUT2D eigenvalue weighted by molar-refractivity contribution is 0.298. The van der Waals surface area contributed by atoms with Gasteiger partial charge in [0.15, 0.2) is 0 Å². The van der Waals surface area contributed by atoms with Crippen LogP contribution in [-0.4, -0.2) is 0 Å². The molecule has 0 radical (unpaired) electrons. The molecule has 1 atom stereocenters. The number of benzene rings is 3. The fraction of sp³-hybridized carbons (Fsp3) is 0.143. The molecule has 0 fully saturated rings. The second-order valence-electron chi connectivity index (χ2n) is 5.55. The third-order valence-electron chi connectivity index (χ3n) is 3.25. The summed E-state index contributed by atoms with van der Waals surface area (Å²) in [4.78, 5) is 0. The van der Waals surface area contributed by atoms with Crippen LogP contribution >= 0.6 is 7.82 Å². The third-order valence-corrected chi connectivity index (χ3v) is 4.53. The highest BCUT2D eigenvalue weighted by Gasteiger charge is 2.33. The molecule has 1 unspecified atom stereocenters. The van der Waals surface area contributed by atoms with Gasteiger partial charge in [0, 0.05) is 4.11 Å². The van der Waals surface area contributed by atoms with Crippen LogP contribution < -0.4 is 13.6 Å². The van der Waals surface area contributed by atoms with E-state index in [-0.39, 0.29) is 11.5 Å². The molecule has 134 valence electrons. The zero-order valence-corrected chi connectivity index (χ0v) is 15.1. The van der Waals surface area contributed by atoms with Crippen molar-refractivity contribution in [1.29, 1.82) is 0 Å². The highest BCUT2D eigenvalue weighted by Crippen LogP contribution is 2.49. The van der Waals surface area contributed by atoms with E-state index >= 15 is 0 Å². The lowest BCUT2D eigenvalue weighted by Crippen LogP contribution is -2.07. The predicted octanol–water partition coefficient (Wildman–Crippen LogP) is 6.26. The number of hydrogen-bond donors (Lipinski definition) is 0. The first-order valence-electron chi connectivity index (χ1n) is 11.2. The Balaban J connectivity index is 2.10. The molecule has 0 bridgehead atoms. The molecule has 0 aliphatic carbocycles. The summed E-state index contributed by atoms with van der Waals surface area (Å²) in [5.41, 5.74) is 0.942. The fourth-order valence-corrected chi connectivity index (χ4v) is 3.22. The molecule has 0 aromatic heterocycles. The van der Waals surface area contributed by atoms with Gasteiger partial charge in [-0.1, -0.05) is 47.5 Å². The van der Waals surface area contributed by atoms with Gasteiger partial charge in [-0.3, -0.25) is 0 Å². The van der Waals surface area contributed by atoms with Crippen molar-refractivity contribution in [3.63, 3.8) is 0 Å². The van der Waals surface area contributed by atoms with Gasteiger partial charge in [0.2, 0.25) is 0 Å². The smallest absolute Gasteiger partial charge is 0.386 e. The van der Waals surface area contributed by atoms with Gasteiger partial charge >= 0.3 is 7.82 Å². The van der Waals surface area contributed by atoms with Gasteiger partial charge in [-0.25, -0.2) is 0 Å². The average Bonchev–Trinajstić information content (AvgIpc) is 2.71. The Morgan fingerprint density at radius 3 is 2.08 bits per heavy atom.